The van der Waals surface area contributed by atoms with Crippen LogP contribution in [0.15, 0.2) is 42.5 Å². The third-order valence-corrected chi connectivity index (χ3v) is 4.28. The van der Waals surface area contributed by atoms with Gasteiger partial charge in [-0.2, -0.15) is 0 Å². The Hall–Kier alpha value is -2.60. The SMILES string of the molecule is CC(C)(Oc1ccc(Cl)cc1)C(=O)N1CCC(=O)Nc2cc(F)ccc21. The molecular formula is C19H18ClFN2O3. The summed E-state index contributed by atoms with van der Waals surface area (Å²) in [5.74, 6) is -0.605. The lowest BCUT2D eigenvalue weighted by Crippen LogP contribution is -2.49. The van der Waals surface area contributed by atoms with Gasteiger partial charge >= 0.3 is 0 Å². The predicted octanol–water partition coefficient (Wildman–Crippen LogP) is 4.01. The van der Waals surface area contributed by atoms with Crippen LogP contribution in [0.5, 0.6) is 5.75 Å². The van der Waals surface area contributed by atoms with Crippen LogP contribution < -0.4 is 15.0 Å². The number of nitrogens with zero attached hydrogens (tertiary/aromatic N) is 1. The molecule has 0 saturated carbocycles. The normalized spacial score (nSPS) is 14.3. The summed E-state index contributed by atoms with van der Waals surface area (Å²) in [5, 5.41) is 3.19. The van der Waals surface area contributed by atoms with Gasteiger partial charge < -0.3 is 15.0 Å². The predicted molar refractivity (Wildman–Crippen MR) is 98.2 cm³/mol. The Morgan fingerprint density at radius 1 is 1.23 bits per heavy atom. The molecule has 0 aliphatic carbocycles. The minimum absolute atomic E-state index is 0.110. The van der Waals surface area contributed by atoms with Crippen molar-refractivity contribution in [1.82, 2.24) is 0 Å². The smallest absolute Gasteiger partial charge is 0.270 e. The zero-order valence-electron chi connectivity index (χ0n) is 14.4. The first-order chi connectivity index (χ1) is 12.3. The number of anilines is 2. The van der Waals surface area contributed by atoms with Gasteiger partial charge in [-0.3, -0.25) is 9.59 Å². The summed E-state index contributed by atoms with van der Waals surface area (Å²) in [5.41, 5.74) is -0.495. The summed E-state index contributed by atoms with van der Waals surface area (Å²) < 4.78 is 19.4. The van der Waals surface area contributed by atoms with E-state index < -0.39 is 11.4 Å². The molecule has 1 aliphatic rings. The summed E-state index contributed by atoms with van der Waals surface area (Å²) in [6.45, 7) is 3.47. The van der Waals surface area contributed by atoms with Crippen molar-refractivity contribution < 1.29 is 18.7 Å². The summed E-state index contributed by atoms with van der Waals surface area (Å²) in [4.78, 5) is 26.5. The third kappa shape index (κ3) is 3.80. The van der Waals surface area contributed by atoms with E-state index in [1.165, 1.54) is 23.1 Å². The van der Waals surface area contributed by atoms with Crippen molar-refractivity contribution in [3.05, 3.63) is 53.3 Å². The summed E-state index contributed by atoms with van der Waals surface area (Å²) >= 11 is 5.87. The van der Waals surface area contributed by atoms with Crippen molar-refractivity contribution in [3.8, 4) is 5.75 Å². The van der Waals surface area contributed by atoms with Crippen LogP contribution in [0, 0.1) is 5.82 Å². The van der Waals surface area contributed by atoms with Crippen LogP contribution in [0.25, 0.3) is 0 Å². The van der Waals surface area contributed by atoms with Gasteiger partial charge in [-0.05, 0) is 56.3 Å². The second kappa shape index (κ2) is 6.96. The number of benzene rings is 2. The van der Waals surface area contributed by atoms with Crippen LogP contribution in [-0.2, 0) is 9.59 Å². The van der Waals surface area contributed by atoms with Crippen molar-refractivity contribution in [2.75, 3.05) is 16.8 Å². The van der Waals surface area contributed by atoms with Crippen molar-refractivity contribution in [3.63, 3.8) is 0 Å². The monoisotopic (exact) mass is 376 g/mol. The Morgan fingerprint density at radius 2 is 1.92 bits per heavy atom. The van der Waals surface area contributed by atoms with E-state index in [1.807, 2.05) is 0 Å². The van der Waals surface area contributed by atoms with E-state index in [0.29, 0.717) is 16.5 Å². The van der Waals surface area contributed by atoms with Crippen LogP contribution in [0.2, 0.25) is 5.02 Å². The van der Waals surface area contributed by atoms with E-state index in [-0.39, 0.29) is 30.5 Å². The number of carbonyl (C=O) groups excluding carboxylic acids is 2. The molecule has 7 heteroatoms. The van der Waals surface area contributed by atoms with Crippen molar-refractivity contribution in [2.45, 2.75) is 25.9 Å². The minimum atomic E-state index is -1.20. The molecular weight excluding hydrogens is 359 g/mol. The molecule has 3 rings (SSSR count). The molecule has 0 saturated heterocycles. The number of ether oxygens (including phenoxy) is 1. The first-order valence-corrected chi connectivity index (χ1v) is 8.50. The molecule has 0 atom stereocenters. The van der Waals surface area contributed by atoms with Crippen LogP contribution in [0.4, 0.5) is 15.8 Å². The molecule has 2 amide bonds. The first kappa shape index (κ1) is 18.2. The Kier molecular flexibility index (Phi) is 4.87. The fourth-order valence-corrected chi connectivity index (χ4v) is 2.89. The molecule has 0 bridgehead atoms. The van der Waals surface area contributed by atoms with Crippen molar-refractivity contribution in [2.24, 2.45) is 0 Å². The highest BCUT2D eigenvalue weighted by Gasteiger charge is 2.37. The molecule has 1 N–H and O–H groups in total. The maximum atomic E-state index is 13.5. The maximum absolute atomic E-state index is 13.5. The quantitative estimate of drug-likeness (QED) is 0.880. The minimum Gasteiger partial charge on any atom is -0.478 e. The lowest BCUT2D eigenvalue weighted by atomic mass is 10.1. The van der Waals surface area contributed by atoms with Crippen LogP contribution >= 0.6 is 11.6 Å². The van der Waals surface area contributed by atoms with Crippen molar-refractivity contribution >= 4 is 34.8 Å². The molecule has 0 spiro atoms. The highest BCUT2D eigenvalue weighted by molar-refractivity contribution is 6.30. The summed E-state index contributed by atoms with van der Waals surface area (Å²) in [6, 6.07) is 10.6. The highest BCUT2D eigenvalue weighted by atomic mass is 35.5. The van der Waals surface area contributed by atoms with Crippen LogP contribution in [0.3, 0.4) is 0 Å². The molecule has 0 aromatic heterocycles. The molecule has 0 radical (unpaired) electrons. The number of hydrogen-bond donors (Lipinski definition) is 1. The molecule has 1 heterocycles. The van der Waals surface area contributed by atoms with Gasteiger partial charge in [0, 0.05) is 18.0 Å². The number of amides is 2. The second-order valence-corrected chi connectivity index (χ2v) is 6.92. The molecule has 0 unspecified atom stereocenters. The number of nitrogens with one attached hydrogen (secondary N) is 1. The molecule has 1 aliphatic heterocycles. The molecule has 2 aromatic rings. The zero-order chi connectivity index (χ0) is 18.9. The Labute approximate surface area is 155 Å². The van der Waals surface area contributed by atoms with Gasteiger partial charge in [0.15, 0.2) is 5.60 Å². The fraction of sp³-hybridized carbons (Fsp3) is 0.263. The van der Waals surface area contributed by atoms with Gasteiger partial charge in [0.25, 0.3) is 5.91 Å². The first-order valence-electron chi connectivity index (χ1n) is 8.12. The third-order valence-electron chi connectivity index (χ3n) is 4.03. The topological polar surface area (TPSA) is 58.6 Å². The van der Waals surface area contributed by atoms with E-state index in [1.54, 1.807) is 38.1 Å². The number of halogens is 2. The number of rotatable bonds is 3. The maximum Gasteiger partial charge on any atom is 0.270 e. The van der Waals surface area contributed by atoms with E-state index >= 15 is 0 Å². The fourth-order valence-electron chi connectivity index (χ4n) is 2.77. The van der Waals surface area contributed by atoms with Gasteiger partial charge in [-0.15, -0.1) is 0 Å². The van der Waals surface area contributed by atoms with Crippen LogP contribution in [-0.4, -0.2) is 24.0 Å². The standard InChI is InChI=1S/C19H18ClFN2O3/c1-19(2,26-14-6-3-12(20)4-7-14)18(25)23-10-9-17(24)22-15-11-13(21)5-8-16(15)23/h3-8,11H,9-10H2,1-2H3,(H,22,24). The van der Waals surface area contributed by atoms with Gasteiger partial charge in [-0.1, -0.05) is 11.6 Å². The molecule has 5 nitrogen and oxygen atoms in total. The number of fused-ring (bicyclic) bond motifs is 1. The largest absolute Gasteiger partial charge is 0.478 e. The lowest BCUT2D eigenvalue weighted by Gasteiger charge is -2.32. The molecule has 26 heavy (non-hydrogen) atoms. The summed E-state index contributed by atoms with van der Waals surface area (Å²) in [6.07, 6.45) is 0.110. The Morgan fingerprint density at radius 3 is 2.62 bits per heavy atom. The molecule has 2 aromatic carbocycles. The Balaban J connectivity index is 1.90. The molecule has 0 fully saturated rings. The van der Waals surface area contributed by atoms with Gasteiger partial charge in [0.05, 0.1) is 11.4 Å². The Bertz CT molecular complexity index is 852. The van der Waals surface area contributed by atoms with Crippen LogP contribution in [0.1, 0.15) is 20.3 Å². The number of carbonyl (C=O) groups is 2. The van der Waals surface area contributed by atoms with E-state index in [0.717, 1.165) is 0 Å². The lowest BCUT2D eigenvalue weighted by molar-refractivity contribution is -0.131. The van der Waals surface area contributed by atoms with Gasteiger partial charge in [0.1, 0.15) is 11.6 Å². The number of hydrogen-bond acceptors (Lipinski definition) is 3. The molecule has 136 valence electrons. The van der Waals surface area contributed by atoms with E-state index in [4.69, 9.17) is 16.3 Å². The average molecular weight is 377 g/mol. The van der Waals surface area contributed by atoms with E-state index in [9.17, 15) is 14.0 Å². The van der Waals surface area contributed by atoms with E-state index in [2.05, 4.69) is 5.32 Å². The highest BCUT2D eigenvalue weighted by Crippen LogP contribution is 2.32. The summed E-state index contributed by atoms with van der Waals surface area (Å²) in [7, 11) is 0. The zero-order valence-corrected chi connectivity index (χ0v) is 15.1. The van der Waals surface area contributed by atoms with Gasteiger partial charge in [-0.25, -0.2) is 4.39 Å². The average Bonchev–Trinajstić information content (AvgIpc) is 2.73. The van der Waals surface area contributed by atoms with Gasteiger partial charge in [0.2, 0.25) is 5.91 Å². The van der Waals surface area contributed by atoms with Crippen molar-refractivity contribution in [1.29, 1.82) is 0 Å². The second-order valence-electron chi connectivity index (χ2n) is 6.48.